The molecule has 0 unspecified atom stereocenters. The van der Waals surface area contributed by atoms with Gasteiger partial charge in [0.25, 0.3) is 0 Å². The van der Waals surface area contributed by atoms with E-state index in [0.29, 0.717) is 33.0 Å². The van der Waals surface area contributed by atoms with Crippen molar-refractivity contribution in [1.82, 2.24) is 0 Å². The number of aliphatic carboxylic acids is 1. The Bertz CT molecular complexity index is 963. The van der Waals surface area contributed by atoms with E-state index in [1.54, 1.807) is 36.4 Å². The quantitative estimate of drug-likeness (QED) is 0.650. The maximum atomic E-state index is 12.9. The SMILES string of the molecule is COc1ccc(C(=O)c2oc3ccccc3c2NCC(=O)O)cc1Cl. The van der Waals surface area contributed by atoms with E-state index >= 15 is 0 Å². The third-order valence-corrected chi connectivity index (χ3v) is 3.93. The number of ether oxygens (including phenoxy) is 1. The van der Waals surface area contributed by atoms with Gasteiger partial charge < -0.3 is 19.6 Å². The number of methoxy groups -OCH3 is 1. The molecule has 0 aliphatic rings. The highest BCUT2D eigenvalue weighted by atomic mass is 35.5. The highest BCUT2D eigenvalue weighted by Gasteiger charge is 2.23. The maximum absolute atomic E-state index is 12.9. The van der Waals surface area contributed by atoms with Gasteiger partial charge in [0.2, 0.25) is 5.78 Å². The van der Waals surface area contributed by atoms with Gasteiger partial charge in [0.15, 0.2) is 5.76 Å². The minimum absolute atomic E-state index is 0.0312. The lowest BCUT2D eigenvalue weighted by atomic mass is 10.1. The second-order valence-corrected chi connectivity index (χ2v) is 5.64. The number of furan rings is 1. The molecule has 2 N–H and O–H groups in total. The van der Waals surface area contributed by atoms with E-state index in [4.69, 9.17) is 25.9 Å². The summed E-state index contributed by atoms with van der Waals surface area (Å²) in [6.07, 6.45) is 0. The number of hydrogen-bond donors (Lipinski definition) is 2. The standard InChI is InChI=1S/C18H14ClNO5/c1-24-14-7-6-10(8-12(14)19)17(23)18-16(20-9-15(21)22)11-4-2-3-5-13(11)25-18/h2-8,20H,9H2,1H3,(H,21,22). The van der Waals surface area contributed by atoms with Crippen molar-refractivity contribution in [3.8, 4) is 5.75 Å². The van der Waals surface area contributed by atoms with E-state index in [1.165, 1.54) is 13.2 Å². The minimum atomic E-state index is -1.05. The molecule has 3 aromatic rings. The fourth-order valence-corrected chi connectivity index (χ4v) is 2.74. The Morgan fingerprint density at radius 1 is 1.24 bits per heavy atom. The molecule has 0 spiro atoms. The molecule has 0 bridgehead atoms. The number of carboxylic acid groups (broad SMARTS) is 1. The first-order valence-corrected chi connectivity index (χ1v) is 7.74. The molecule has 1 heterocycles. The summed E-state index contributed by atoms with van der Waals surface area (Å²) in [6, 6.07) is 11.6. The highest BCUT2D eigenvalue weighted by Crippen LogP contribution is 2.33. The van der Waals surface area contributed by atoms with Crippen molar-refractivity contribution in [2.24, 2.45) is 0 Å². The minimum Gasteiger partial charge on any atom is -0.495 e. The Morgan fingerprint density at radius 2 is 2.00 bits per heavy atom. The van der Waals surface area contributed by atoms with Gasteiger partial charge in [-0.05, 0) is 30.3 Å². The van der Waals surface area contributed by atoms with Gasteiger partial charge in [0.1, 0.15) is 17.9 Å². The second-order valence-electron chi connectivity index (χ2n) is 5.23. The van der Waals surface area contributed by atoms with Gasteiger partial charge in [-0.15, -0.1) is 0 Å². The zero-order chi connectivity index (χ0) is 18.0. The van der Waals surface area contributed by atoms with Gasteiger partial charge in [-0.3, -0.25) is 9.59 Å². The Labute approximate surface area is 148 Å². The molecule has 6 nitrogen and oxygen atoms in total. The lowest BCUT2D eigenvalue weighted by Gasteiger charge is -2.06. The molecule has 0 amide bonds. The van der Waals surface area contributed by atoms with E-state index in [1.807, 2.05) is 0 Å². The van der Waals surface area contributed by atoms with E-state index in [9.17, 15) is 9.59 Å². The van der Waals surface area contributed by atoms with Crippen LogP contribution in [0.2, 0.25) is 5.02 Å². The number of ketones is 1. The van der Waals surface area contributed by atoms with Crippen LogP contribution in [0, 0.1) is 0 Å². The van der Waals surface area contributed by atoms with Crippen molar-refractivity contribution in [3.63, 3.8) is 0 Å². The molecule has 128 valence electrons. The molecule has 0 aliphatic carbocycles. The molecule has 7 heteroatoms. The average Bonchev–Trinajstić information content (AvgIpc) is 2.97. The third kappa shape index (κ3) is 3.29. The lowest BCUT2D eigenvalue weighted by Crippen LogP contribution is -2.14. The van der Waals surface area contributed by atoms with Gasteiger partial charge in [-0.2, -0.15) is 0 Å². The van der Waals surface area contributed by atoms with Gasteiger partial charge in [-0.25, -0.2) is 0 Å². The number of hydrogen-bond acceptors (Lipinski definition) is 5. The van der Waals surface area contributed by atoms with Crippen LogP contribution in [-0.4, -0.2) is 30.5 Å². The fraction of sp³-hybridized carbons (Fsp3) is 0.111. The number of rotatable bonds is 6. The Kier molecular flexibility index (Phi) is 4.63. The zero-order valence-electron chi connectivity index (χ0n) is 13.2. The van der Waals surface area contributed by atoms with Crippen LogP contribution < -0.4 is 10.1 Å². The first-order valence-electron chi connectivity index (χ1n) is 7.36. The van der Waals surface area contributed by atoms with Gasteiger partial charge in [0.05, 0.1) is 17.8 Å². The van der Waals surface area contributed by atoms with Crippen molar-refractivity contribution in [3.05, 3.63) is 58.8 Å². The zero-order valence-corrected chi connectivity index (χ0v) is 14.0. The number of carbonyl (C=O) groups excluding carboxylic acids is 1. The monoisotopic (exact) mass is 359 g/mol. The molecular formula is C18H14ClNO5. The molecule has 0 fully saturated rings. The normalized spacial score (nSPS) is 10.6. The number of fused-ring (bicyclic) bond motifs is 1. The van der Waals surface area contributed by atoms with Crippen molar-refractivity contribution in [1.29, 1.82) is 0 Å². The molecule has 1 aromatic heterocycles. The van der Waals surface area contributed by atoms with E-state index in [-0.39, 0.29) is 12.3 Å². The van der Waals surface area contributed by atoms with Crippen molar-refractivity contribution in [2.45, 2.75) is 0 Å². The summed E-state index contributed by atoms with van der Waals surface area (Å²) >= 11 is 6.08. The largest absolute Gasteiger partial charge is 0.495 e. The fourth-order valence-electron chi connectivity index (χ4n) is 2.48. The van der Waals surface area contributed by atoms with Crippen LogP contribution in [0.15, 0.2) is 46.9 Å². The van der Waals surface area contributed by atoms with Crippen LogP contribution in [0.1, 0.15) is 16.1 Å². The average molecular weight is 360 g/mol. The molecular weight excluding hydrogens is 346 g/mol. The molecule has 0 radical (unpaired) electrons. The smallest absolute Gasteiger partial charge is 0.322 e. The summed E-state index contributed by atoms with van der Waals surface area (Å²) in [6.45, 7) is -0.340. The number of carboxylic acids is 1. The summed E-state index contributed by atoms with van der Waals surface area (Å²) in [5.41, 5.74) is 1.14. The van der Waals surface area contributed by atoms with Gasteiger partial charge >= 0.3 is 5.97 Å². The van der Waals surface area contributed by atoms with Crippen LogP contribution >= 0.6 is 11.6 Å². The van der Waals surface area contributed by atoms with Crippen LogP contribution in [0.3, 0.4) is 0 Å². The summed E-state index contributed by atoms with van der Waals surface area (Å²) < 4.78 is 10.7. The molecule has 0 atom stereocenters. The molecule has 0 saturated carbocycles. The Balaban J connectivity index is 2.07. The summed E-state index contributed by atoms with van der Waals surface area (Å²) in [4.78, 5) is 23.7. The second kappa shape index (κ2) is 6.86. The van der Waals surface area contributed by atoms with Crippen molar-refractivity contribution in [2.75, 3.05) is 19.0 Å². The van der Waals surface area contributed by atoms with Crippen LogP contribution in [0.25, 0.3) is 11.0 Å². The topological polar surface area (TPSA) is 88.8 Å². The third-order valence-electron chi connectivity index (χ3n) is 3.63. The molecule has 2 aromatic carbocycles. The van der Waals surface area contributed by atoms with Crippen LogP contribution in [0.4, 0.5) is 5.69 Å². The Morgan fingerprint density at radius 3 is 2.68 bits per heavy atom. The first-order chi connectivity index (χ1) is 12.0. The predicted octanol–water partition coefficient (Wildman–Crippen LogP) is 3.82. The number of para-hydroxylation sites is 1. The lowest BCUT2D eigenvalue weighted by molar-refractivity contribution is -0.134. The van der Waals surface area contributed by atoms with E-state index < -0.39 is 11.8 Å². The molecule has 25 heavy (non-hydrogen) atoms. The number of anilines is 1. The maximum Gasteiger partial charge on any atom is 0.322 e. The molecule has 3 rings (SSSR count). The molecule has 0 saturated heterocycles. The predicted molar refractivity (Wildman–Crippen MR) is 93.8 cm³/mol. The van der Waals surface area contributed by atoms with E-state index in [2.05, 4.69) is 5.32 Å². The van der Waals surface area contributed by atoms with E-state index in [0.717, 1.165) is 0 Å². The number of halogens is 1. The van der Waals surface area contributed by atoms with Gasteiger partial charge in [0, 0.05) is 10.9 Å². The summed E-state index contributed by atoms with van der Waals surface area (Å²) in [5.74, 6) is -0.972. The highest BCUT2D eigenvalue weighted by molar-refractivity contribution is 6.32. The number of benzene rings is 2. The van der Waals surface area contributed by atoms with Crippen LogP contribution in [0.5, 0.6) is 5.75 Å². The number of carbonyl (C=O) groups is 2. The molecule has 0 aliphatic heterocycles. The van der Waals surface area contributed by atoms with Gasteiger partial charge in [-0.1, -0.05) is 23.7 Å². The van der Waals surface area contributed by atoms with Crippen LogP contribution in [-0.2, 0) is 4.79 Å². The van der Waals surface area contributed by atoms with Crippen molar-refractivity contribution < 1.29 is 23.8 Å². The van der Waals surface area contributed by atoms with Crippen molar-refractivity contribution >= 4 is 40.0 Å². The Hall–Kier alpha value is -2.99. The summed E-state index contributed by atoms with van der Waals surface area (Å²) in [5, 5.41) is 12.6. The first kappa shape index (κ1) is 16.9. The number of nitrogens with one attached hydrogen (secondary N) is 1. The summed E-state index contributed by atoms with van der Waals surface area (Å²) in [7, 11) is 1.48.